The van der Waals surface area contributed by atoms with Gasteiger partial charge in [0.15, 0.2) is 0 Å². The smallest absolute Gasteiger partial charge is 0.326 e. The lowest BCUT2D eigenvalue weighted by atomic mass is 9.83. The van der Waals surface area contributed by atoms with Crippen LogP contribution in [0.3, 0.4) is 0 Å². The van der Waals surface area contributed by atoms with Gasteiger partial charge in [0.05, 0.1) is 27.0 Å². The molecule has 0 bridgehead atoms. The number of carboxylic acid groups (broad SMARTS) is 1. The number of benzene rings is 3. The summed E-state index contributed by atoms with van der Waals surface area (Å²) in [6.07, 6.45) is 4.39. The molecule has 0 aromatic heterocycles. The molecule has 0 spiro atoms. The van der Waals surface area contributed by atoms with E-state index in [0.717, 1.165) is 43.2 Å². The monoisotopic (exact) mass is 573 g/mol. The van der Waals surface area contributed by atoms with Gasteiger partial charge in [-0.1, -0.05) is 90.5 Å². The highest BCUT2D eigenvalue weighted by Crippen LogP contribution is 2.34. The number of carbonyl (C=O) groups is 3. The van der Waals surface area contributed by atoms with E-state index in [2.05, 4.69) is 16.0 Å². The summed E-state index contributed by atoms with van der Waals surface area (Å²) in [6.45, 7) is 0. The number of rotatable bonds is 7. The van der Waals surface area contributed by atoms with Crippen molar-refractivity contribution in [2.24, 2.45) is 5.92 Å². The zero-order valence-corrected chi connectivity index (χ0v) is 22.5. The molecule has 0 aliphatic heterocycles. The third kappa shape index (κ3) is 6.78. The fraction of sp³-hybridized carbons (Fsp3) is 0.250. The number of aliphatic carboxylic acids is 1. The van der Waals surface area contributed by atoms with Crippen molar-refractivity contribution in [3.8, 4) is 11.1 Å². The fourth-order valence-electron chi connectivity index (χ4n) is 4.65. The summed E-state index contributed by atoms with van der Waals surface area (Å²) in [7, 11) is 0. The molecule has 1 aliphatic carbocycles. The summed E-state index contributed by atoms with van der Waals surface area (Å²) in [5, 5.41) is 18.4. The average Bonchev–Trinajstić information content (AvgIpc) is 2.90. The Bertz CT molecular complexity index is 1320. The maximum absolute atomic E-state index is 13.4. The molecule has 3 aromatic rings. The summed E-state index contributed by atoms with van der Waals surface area (Å²) in [6, 6.07) is 15.6. The van der Waals surface area contributed by atoms with Gasteiger partial charge in [0.2, 0.25) is 0 Å². The van der Waals surface area contributed by atoms with Crippen LogP contribution in [0.2, 0.25) is 15.1 Å². The number of hydrogen-bond donors (Lipinski definition) is 4. The Balaban J connectivity index is 1.63. The molecule has 4 rings (SSSR count). The molecule has 3 aromatic carbocycles. The minimum absolute atomic E-state index is 0.121. The highest BCUT2D eigenvalue weighted by Gasteiger charge is 2.31. The molecule has 1 fully saturated rings. The molecule has 0 heterocycles. The van der Waals surface area contributed by atoms with E-state index in [1.54, 1.807) is 18.2 Å². The van der Waals surface area contributed by atoms with Gasteiger partial charge in [0, 0.05) is 5.02 Å². The van der Waals surface area contributed by atoms with Gasteiger partial charge >= 0.3 is 12.0 Å². The Morgan fingerprint density at radius 1 is 0.816 bits per heavy atom. The van der Waals surface area contributed by atoms with Crippen LogP contribution in [0.15, 0.2) is 60.7 Å². The van der Waals surface area contributed by atoms with E-state index in [9.17, 15) is 19.5 Å². The minimum Gasteiger partial charge on any atom is -0.480 e. The Morgan fingerprint density at radius 3 is 2.11 bits per heavy atom. The number of anilines is 2. The Kier molecular flexibility index (Phi) is 9.15. The van der Waals surface area contributed by atoms with Gasteiger partial charge in [-0.25, -0.2) is 9.59 Å². The number of nitrogens with one attached hydrogen (secondary N) is 3. The molecule has 1 atom stereocenters. The molecular weight excluding hydrogens is 549 g/mol. The van der Waals surface area contributed by atoms with E-state index in [4.69, 9.17) is 34.8 Å². The average molecular weight is 575 g/mol. The first-order valence-corrected chi connectivity index (χ1v) is 13.3. The Labute approximate surface area is 235 Å². The number of carboxylic acids is 1. The minimum atomic E-state index is -1.08. The lowest BCUT2D eigenvalue weighted by molar-refractivity contribution is -0.141. The maximum Gasteiger partial charge on any atom is 0.326 e. The number of carbonyl (C=O) groups excluding carboxylic acids is 2. The van der Waals surface area contributed by atoms with E-state index in [1.807, 2.05) is 30.3 Å². The van der Waals surface area contributed by atoms with E-state index in [1.165, 1.54) is 12.1 Å². The first-order chi connectivity index (χ1) is 18.2. The van der Waals surface area contributed by atoms with Crippen molar-refractivity contribution in [1.29, 1.82) is 0 Å². The summed E-state index contributed by atoms with van der Waals surface area (Å²) >= 11 is 18.4. The van der Waals surface area contributed by atoms with Crippen LogP contribution in [0.1, 0.15) is 42.5 Å². The van der Waals surface area contributed by atoms with Crippen LogP contribution in [0, 0.1) is 5.92 Å². The second kappa shape index (κ2) is 12.5. The lowest BCUT2D eigenvalue weighted by Crippen LogP contribution is -2.46. The van der Waals surface area contributed by atoms with Gasteiger partial charge in [-0.05, 0) is 54.2 Å². The second-order valence-electron chi connectivity index (χ2n) is 9.14. The van der Waals surface area contributed by atoms with E-state index >= 15 is 0 Å². The van der Waals surface area contributed by atoms with Crippen LogP contribution in [0.4, 0.5) is 16.2 Å². The lowest BCUT2D eigenvalue weighted by Gasteiger charge is -2.28. The topological polar surface area (TPSA) is 108 Å². The van der Waals surface area contributed by atoms with Crippen LogP contribution < -0.4 is 16.0 Å². The highest BCUT2D eigenvalue weighted by molar-refractivity contribution is 6.42. The molecule has 1 saturated carbocycles. The van der Waals surface area contributed by atoms with Gasteiger partial charge in [-0.3, -0.25) is 4.79 Å². The SMILES string of the molecule is O=C(Nc1cc(-c2ccccc2)ccc1C(=O)N[C@H](C(=O)O)C1CCCCC1)Nc1c(Cl)cc(Cl)cc1Cl. The van der Waals surface area contributed by atoms with Crippen LogP contribution in [0.25, 0.3) is 11.1 Å². The summed E-state index contributed by atoms with van der Waals surface area (Å²) < 4.78 is 0. The third-order valence-electron chi connectivity index (χ3n) is 6.54. The van der Waals surface area contributed by atoms with E-state index < -0.39 is 23.9 Å². The first kappa shape index (κ1) is 27.8. The van der Waals surface area contributed by atoms with Gasteiger partial charge < -0.3 is 21.1 Å². The standard InChI is InChI=1S/C28H26Cl3N3O4/c29-19-14-21(30)25(22(31)15-19)34-28(38)32-23-13-18(16-7-3-1-4-8-16)11-12-20(23)26(35)33-24(27(36)37)17-9-5-2-6-10-17/h1,3-4,7-8,11-15,17,24H,2,5-6,9-10H2,(H,33,35)(H,36,37)(H2,32,34,38)/t24-/m0/s1. The van der Waals surface area contributed by atoms with Gasteiger partial charge in [-0.2, -0.15) is 0 Å². The molecular formula is C28H26Cl3N3O4. The zero-order valence-electron chi connectivity index (χ0n) is 20.3. The Morgan fingerprint density at radius 2 is 1.47 bits per heavy atom. The molecule has 4 N–H and O–H groups in total. The molecule has 0 unspecified atom stereocenters. The predicted octanol–water partition coefficient (Wildman–Crippen LogP) is 7.72. The molecule has 38 heavy (non-hydrogen) atoms. The maximum atomic E-state index is 13.4. The summed E-state index contributed by atoms with van der Waals surface area (Å²) in [5.74, 6) is -1.83. The van der Waals surface area contributed by atoms with Crippen molar-refractivity contribution in [1.82, 2.24) is 5.32 Å². The van der Waals surface area contributed by atoms with Gasteiger partial charge in [-0.15, -0.1) is 0 Å². The first-order valence-electron chi connectivity index (χ1n) is 12.2. The molecule has 7 nitrogen and oxygen atoms in total. The van der Waals surface area contributed by atoms with Crippen molar-refractivity contribution in [2.75, 3.05) is 10.6 Å². The largest absolute Gasteiger partial charge is 0.480 e. The van der Waals surface area contributed by atoms with Crippen LogP contribution in [-0.4, -0.2) is 29.1 Å². The van der Waals surface area contributed by atoms with Crippen LogP contribution >= 0.6 is 34.8 Å². The van der Waals surface area contributed by atoms with Crippen molar-refractivity contribution in [2.45, 2.75) is 38.1 Å². The fourth-order valence-corrected chi connectivity index (χ4v) is 5.56. The number of halogens is 3. The normalized spacial score (nSPS) is 14.4. The summed E-state index contributed by atoms with van der Waals surface area (Å²) in [5.41, 5.74) is 2.09. The van der Waals surface area contributed by atoms with Gasteiger partial charge in [0.25, 0.3) is 5.91 Å². The van der Waals surface area contributed by atoms with Gasteiger partial charge in [0.1, 0.15) is 6.04 Å². The molecule has 198 valence electrons. The van der Waals surface area contributed by atoms with E-state index in [0.29, 0.717) is 5.02 Å². The number of hydrogen-bond acceptors (Lipinski definition) is 3. The van der Waals surface area contributed by atoms with Crippen molar-refractivity contribution >= 4 is 64.1 Å². The quantitative estimate of drug-likeness (QED) is 0.232. The van der Waals surface area contributed by atoms with E-state index in [-0.39, 0.29) is 32.9 Å². The van der Waals surface area contributed by atoms with Crippen LogP contribution in [0.5, 0.6) is 0 Å². The van der Waals surface area contributed by atoms with Crippen molar-refractivity contribution in [3.63, 3.8) is 0 Å². The highest BCUT2D eigenvalue weighted by atomic mass is 35.5. The van der Waals surface area contributed by atoms with Crippen LogP contribution in [-0.2, 0) is 4.79 Å². The molecule has 0 radical (unpaired) electrons. The van der Waals surface area contributed by atoms with Crippen molar-refractivity contribution < 1.29 is 19.5 Å². The Hall–Kier alpha value is -3.26. The molecule has 0 saturated heterocycles. The predicted molar refractivity (Wildman–Crippen MR) is 151 cm³/mol. The molecule has 3 amide bonds. The molecule has 10 heteroatoms. The van der Waals surface area contributed by atoms with Crippen molar-refractivity contribution in [3.05, 3.63) is 81.3 Å². The summed E-state index contributed by atoms with van der Waals surface area (Å²) in [4.78, 5) is 38.4. The zero-order chi connectivity index (χ0) is 27.2. The number of amides is 3. The number of urea groups is 1. The second-order valence-corrected chi connectivity index (χ2v) is 10.4. The third-order valence-corrected chi connectivity index (χ3v) is 7.35. The molecule has 1 aliphatic rings.